The molecule has 3 aliphatic rings. The zero-order valence-electron chi connectivity index (χ0n) is 37.6. The van der Waals surface area contributed by atoms with Crippen molar-refractivity contribution in [1.29, 1.82) is 0 Å². The molecule has 9 rings (SSSR count). The number of ether oxygens (including phenoxy) is 2. The molecule has 310 valence electrons. The van der Waals surface area contributed by atoms with Crippen LogP contribution in [-0.4, -0.2) is 33.1 Å². The molecule has 1 fully saturated rings. The van der Waals surface area contributed by atoms with Crippen molar-refractivity contribution in [3.8, 4) is 33.4 Å². The van der Waals surface area contributed by atoms with Crippen LogP contribution in [0.25, 0.3) is 79.8 Å². The Balaban J connectivity index is 1.42. The summed E-state index contributed by atoms with van der Waals surface area (Å²) in [5.41, 5.74) is 20.8. The minimum atomic E-state index is -0.631. The Morgan fingerprint density at radius 3 is 1.28 bits per heavy atom. The van der Waals surface area contributed by atoms with E-state index in [1.807, 2.05) is 0 Å². The fourth-order valence-corrected chi connectivity index (χ4v) is 9.05. The molecule has 1 saturated heterocycles. The summed E-state index contributed by atoms with van der Waals surface area (Å²) in [6, 6.07) is 31.3. The van der Waals surface area contributed by atoms with E-state index in [0.29, 0.717) is 13.2 Å². The fourth-order valence-electron chi connectivity index (χ4n) is 9.05. The maximum Gasteiger partial charge on any atom is 0.188 e. The van der Waals surface area contributed by atoms with Gasteiger partial charge in [0.25, 0.3) is 0 Å². The van der Waals surface area contributed by atoms with Gasteiger partial charge < -0.3 is 19.4 Å². The van der Waals surface area contributed by atoms with Crippen molar-refractivity contribution in [2.45, 2.75) is 93.3 Å². The lowest BCUT2D eigenvalue weighted by Gasteiger charge is -2.35. The first kappa shape index (κ1) is 40.6. The van der Waals surface area contributed by atoms with Crippen molar-refractivity contribution in [1.82, 2.24) is 19.9 Å². The molecule has 8 bridgehead atoms. The predicted octanol–water partition coefficient (Wildman–Crippen LogP) is 14.2. The number of nitrogens with zero attached hydrogens (tertiary/aromatic N) is 2. The summed E-state index contributed by atoms with van der Waals surface area (Å²) in [6.45, 7) is 25.6. The largest absolute Gasteiger partial charge is 0.354 e. The van der Waals surface area contributed by atoms with E-state index >= 15 is 0 Å². The fraction of sp³-hybridized carbons (Fsp3) is 0.309. The lowest BCUT2D eigenvalue weighted by Crippen LogP contribution is -2.34. The lowest BCUT2D eigenvalue weighted by molar-refractivity contribution is -0.226. The van der Waals surface area contributed by atoms with Crippen LogP contribution >= 0.6 is 0 Å². The van der Waals surface area contributed by atoms with Crippen molar-refractivity contribution in [3.63, 3.8) is 0 Å². The van der Waals surface area contributed by atoms with Gasteiger partial charge in [0, 0.05) is 44.2 Å². The zero-order valence-corrected chi connectivity index (χ0v) is 37.6. The van der Waals surface area contributed by atoms with Gasteiger partial charge in [-0.2, -0.15) is 0 Å². The van der Waals surface area contributed by atoms with Crippen LogP contribution in [-0.2, 0) is 20.3 Å². The maximum atomic E-state index is 6.54. The number of aromatic amines is 2. The molecule has 0 spiro atoms. The van der Waals surface area contributed by atoms with Crippen LogP contribution in [0.15, 0.2) is 84.9 Å². The van der Waals surface area contributed by atoms with Gasteiger partial charge in [-0.05, 0) is 119 Å². The quantitative estimate of drug-likeness (QED) is 0.186. The number of aromatic nitrogens is 4. The SMILES string of the molecule is Cc1cc(C)c(-c2c3ccc([nH]3)c(-c3ccc(C(C)(C)C)cc3)c3nc(c(C4OCC(C)(C)CO4)c4nc(c(-c5ccc(C(C)(C)C)cc5)c5ccc2[nH]5)C=C4)C=C3)c(C)c1. The number of nitrogens with one attached hydrogen (secondary N) is 2. The molecular weight excluding hydrogens is 749 g/mol. The van der Waals surface area contributed by atoms with Gasteiger partial charge in [-0.25, -0.2) is 9.97 Å². The Bertz CT molecular complexity index is 2740. The summed E-state index contributed by atoms with van der Waals surface area (Å²) < 4.78 is 13.1. The average molecular weight is 807 g/mol. The van der Waals surface area contributed by atoms with E-state index in [-0.39, 0.29) is 16.2 Å². The third kappa shape index (κ3) is 7.73. The topological polar surface area (TPSA) is 75.8 Å². The van der Waals surface area contributed by atoms with Gasteiger partial charge in [-0.3, -0.25) is 0 Å². The molecule has 0 radical (unpaired) electrons. The monoisotopic (exact) mass is 806 g/mol. The van der Waals surface area contributed by atoms with E-state index in [2.05, 4.69) is 195 Å². The highest BCUT2D eigenvalue weighted by Crippen LogP contribution is 2.41. The van der Waals surface area contributed by atoms with E-state index in [4.69, 9.17) is 19.4 Å². The Morgan fingerprint density at radius 1 is 0.508 bits per heavy atom. The second kappa shape index (κ2) is 15.0. The molecule has 6 nitrogen and oxygen atoms in total. The molecule has 0 unspecified atom stereocenters. The zero-order chi connectivity index (χ0) is 43.0. The van der Waals surface area contributed by atoms with E-state index in [9.17, 15) is 0 Å². The van der Waals surface area contributed by atoms with Crippen LogP contribution in [0.4, 0.5) is 0 Å². The van der Waals surface area contributed by atoms with E-state index in [1.54, 1.807) is 0 Å². The minimum Gasteiger partial charge on any atom is -0.354 e. The highest BCUT2D eigenvalue weighted by atomic mass is 16.7. The Labute approximate surface area is 360 Å². The molecule has 61 heavy (non-hydrogen) atoms. The standard InChI is InChI=1S/C55H58N4O2/c1-32-28-33(2)47(34(3)29-32)50-43-24-20-39(56-43)48(35-12-16-37(17-13-35)53(4,5)6)41-22-26-45(58-41)51(52-60-30-55(10,11)31-61-52)46-27-23-42(59-46)49(40-21-25-44(50)57-40)36-14-18-38(19-15-36)54(7,8)9/h12-29,52,56-57H,30-31H2,1-11H3. The number of hydrogen-bond donors (Lipinski definition) is 2. The van der Waals surface area contributed by atoms with Crippen molar-refractivity contribution in [2.24, 2.45) is 5.41 Å². The molecule has 6 heteroatoms. The molecule has 6 aromatic rings. The van der Waals surface area contributed by atoms with Crippen LogP contribution in [0.1, 0.15) is 118 Å². The van der Waals surface area contributed by atoms with Gasteiger partial charge >= 0.3 is 0 Å². The summed E-state index contributed by atoms with van der Waals surface area (Å²) in [5, 5.41) is 0. The van der Waals surface area contributed by atoms with E-state index in [0.717, 1.165) is 78.2 Å². The lowest BCUT2D eigenvalue weighted by atomic mass is 9.86. The van der Waals surface area contributed by atoms with Crippen LogP contribution in [0, 0.1) is 26.2 Å². The second-order valence-corrected chi connectivity index (χ2v) is 20.1. The molecule has 6 heterocycles. The van der Waals surface area contributed by atoms with Gasteiger partial charge in [0.1, 0.15) is 0 Å². The van der Waals surface area contributed by atoms with Crippen molar-refractivity contribution in [3.05, 3.63) is 141 Å². The molecule has 0 saturated carbocycles. The number of rotatable bonds is 4. The van der Waals surface area contributed by atoms with Gasteiger partial charge in [-0.15, -0.1) is 0 Å². The van der Waals surface area contributed by atoms with E-state index < -0.39 is 6.29 Å². The molecule has 3 aliphatic heterocycles. The summed E-state index contributed by atoms with van der Waals surface area (Å²) in [6.07, 6.45) is 7.82. The molecule has 0 aliphatic carbocycles. The molecule has 0 amide bonds. The van der Waals surface area contributed by atoms with Crippen LogP contribution in [0.2, 0.25) is 0 Å². The number of hydrogen-bond acceptors (Lipinski definition) is 4. The average Bonchev–Trinajstić information content (AvgIpc) is 4.04. The van der Waals surface area contributed by atoms with Crippen LogP contribution in [0.3, 0.4) is 0 Å². The summed E-state index contributed by atoms with van der Waals surface area (Å²) in [4.78, 5) is 18.8. The van der Waals surface area contributed by atoms with Crippen LogP contribution < -0.4 is 0 Å². The van der Waals surface area contributed by atoms with Crippen molar-refractivity contribution in [2.75, 3.05) is 13.2 Å². The molecule has 2 N–H and O–H groups in total. The van der Waals surface area contributed by atoms with E-state index in [1.165, 1.54) is 33.4 Å². The first-order chi connectivity index (χ1) is 28.9. The number of H-pyrrole nitrogens is 2. The predicted molar refractivity (Wildman–Crippen MR) is 255 cm³/mol. The van der Waals surface area contributed by atoms with Crippen LogP contribution in [0.5, 0.6) is 0 Å². The third-order valence-corrected chi connectivity index (χ3v) is 12.3. The highest BCUT2D eigenvalue weighted by molar-refractivity contribution is 6.00. The smallest absolute Gasteiger partial charge is 0.188 e. The first-order valence-corrected chi connectivity index (χ1v) is 21.6. The Morgan fingerprint density at radius 2 is 0.885 bits per heavy atom. The summed E-state index contributed by atoms with van der Waals surface area (Å²) in [5.74, 6) is 0. The van der Waals surface area contributed by atoms with Gasteiger partial charge in [0.05, 0.1) is 41.6 Å². The number of benzene rings is 3. The molecule has 3 aromatic heterocycles. The maximum absolute atomic E-state index is 6.54. The summed E-state index contributed by atoms with van der Waals surface area (Å²) >= 11 is 0. The van der Waals surface area contributed by atoms with Crippen molar-refractivity contribution >= 4 is 46.4 Å². The molecular formula is C55H58N4O2. The number of aryl methyl sites for hydroxylation is 3. The highest BCUT2D eigenvalue weighted by Gasteiger charge is 2.33. The van der Waals surface area contributed by atoms with Gasteiger partial charge in [0.2, 0.25) is 0 Å². The van der Waals surface area contributed by atoms with Crippen molar-refractivity contribution < 1.29 is 9.47 Å². The normalized spacial score (nSPS) is 15.5. The summed E-state index contributed by atoms with van der Waals surface area (Å²) in [7, 11) is 0. The number of fused-ring (bicyclic) bond motifs is 8. The minimum absolute atomic E-state index is 0.0223. The van der Waals surface area contributed by atoms with Gasteiger partial charge in [0.15, 0.2) is 6.29 Å². The Kier molecular flexibility index (Phi) is 9.96. The first-order valence-electron chi connectivity index (χ1n) is 21.6. The van der Waals surface area contributed by atoms with Gasteiger partial charge in [-0.1, -0.05) is 122 Å². The Hall–Kier alpha value is -5.82. The molecule has 0 atom stereocenters. The third-order valence-electron chi connectivity index (χ3n) is 12.3. The second-order valence-electron chi connectivity index (χ2n) is 20.1. The molecule has 3 aromatic carbocycles.